The average Bonchev–Trinajstić information content (AvgIpc) is 2.20. The van der Waals surface area contributed by atoms with Gasteiger partial charge in [-0.1, -0.05) is 37.3 Å². The molecule has 0 saturated carbocycles. The first-order chi connectivity index (χ1) is 6.29. The Morgan fingerprint density at radius 3 is 2.31 bits per heavy atom. The van der Waals surface area contributed by atoms with Crippen molar-refractivity contribution in [2.24, 2.45) is 0 Å². The highest BCUT2D eigenvalue weighted by Crippen LogP contribution is 2.22. The van der Waals surface area contributed by atoms with Crippen LogP contribution in [0.15, 0.2) is 30.3 Å². The Balaban J connectivity index is 2.78. The van der Waals surface area contributed by atoms with Gasteiger partial charge in [-0.25, -0.2) is 0 Å². The highest BCUT2D eigenvalue weighted by Gasteiger charge is 2.17. The molecule has 0 aliphatic rings. The second kappa shape index (κ2) is 5.00. The maximum Gasteiger partial charge on any atom is 0.0839 e. The van der Waals surface area contributed by atoms with Gasteiger partial charge in [0.2, 0.25) is 0 Å². The van der Waals surface area contributed by atoms with Crippen LogP contribution in [0, 0.1) is 0 Å². The normalized spacial score (nSPS) is 15.3. The summed E-state index contributed by atoms with van der Waals surface area (Å²) in [4.78, 5) is 0. The van der Waals surface area contributed by atoms with Crippen LogP contribution < -0.4 is 0 Å². The minimum absolute atomic E-state index is 0.0474. The van der Waals surface area contributed by atoms with Crippen LogP contribution in [0.4, 0.5) is 0 Å². The first-order valence-corrected chi connectivity index (χ1v) is 4.63. The zero-order valence-corrected chi connectivity index (χ0v) is 7.85. The molecule has 72 valence electrons. The van der Waals surface area contributed by atoms with E-state index in [1.165, 1.54) is 0 Å². The summed E-state index contributed by atoms with van der Waals surface area (Å²) in [6, 6.07) is 9.80. The first kappa shape index (κ1) is 10.2. The van der Waals surface area contributed by atoms with Gasteiger partial charge in [0.05, 0.1) is 12.7 Å². The van der Waals surface area contributed by atoms with Gasteiger partial charge in [0.1, 0.15) is 0 Å². The van der Waals surface area contributed by atoms with Gasteiger partial charge < -0.3 is 10.2 Å². The fourth-order valence-electron chi connectivity index (χ4n) is 1.56. The van der Waals surface area contributed by atoms with E-state index in [-0.39, 0.29) is 12.5 Å². The molecule has 0 aromatic heterocycles. The summed E-state index contributed by atoms with van der Waals surface area (Å²) in [6.45, 7) is 1.84. The van der Waals surface area contributed by atoms with E-state index in [9.17, 15) is 5.11 Å². The Kier molecular flexibility index (Phi) is 3.93. The standard InChI is InChI=1S/C11H16O2/c1-2-10(11(13)8-12)9-6-4-3-5-7-9/h3-7,10-13H,2,8H2,1H3. The number of hydrogen-bond acceptors (Lipinski definition) is 2. The van der Waals surface area contributed by atoms with Crippen LogP contribution >= 0.6 is 0 Å². The number of aliphatic hydroxyl groups is 2. The van der Waals surface area contributed by atoms with Crippen LogP contribution in [-0.2, 0) is 0 Å². The second-order valence-electron chi connectivity index (χ2n) is 3.18. The van der Waals surface area contributed by atoms with Crippen molar-refractivity contribution in [1.29, 1.82) is 0 Å². The maximum absolute atomic E-state index is 9.52. The minimum Gasteiger partial charge on any atom is -0.394 e. The third-order valence-corrected chi connectivity index (χ3v) is 2.32. The Morgan fingerprint density at radius 1 is 1.23 bits per heavy atom. The molecule has 0 fully saturated rings. The lowest BCUT2D eigenvalue weighted by Gasteiger charge is -2.19. The Bertz CT molecular complexity index is 233. The topological polar surface area (TPSA) is 40.5 Å². The molecule has 2 heteroatoms. The molecule has 0 heterocycles. The summed E-state index contributed by atoms with van der Waals surface area (Å²) in [5, 5.41) is 18.4. The molecule has 2 nitrogen and oxygen atoms in total. The van der Waals surface area contributed by atoms with Crippen LogP contribution in [0.5, 0.6) is 0 Å². The molecule has 0 aliphatic heterocycles. The fraction of sp³-hybridized carbons (Fsp3) is 0.455. The molecule has 2 atom stereocenters. The average molecular weight is 180 g/mol. The zero-order valence-electron chi connectivity index (χ0n) is 7.85. The zero-order chi connectivity index (χ0) is 9.68. The Hall–Kier alpha value is -0.860. The summed E-state index contributed by atoms with van der Waals surface area (Å²) in [5.41, 5.74) is 1.09. The SMILES string of the molecule is CCC(c1ccccc1)C(O)CO. The molecular formula is C11H16O2. The van der Waals surface area contributed by atoms with E-state index in [1.54, 1.807) is 0 Å². The van der Waals surface area contributed by atoms with Gasteiger partial charge in [0.15, 0.2) is 0 Å². The van der Waals surface area contributed by atoms with Gasteiger partial charge in [-0.3, -0.25) is 0 Å². The summed E-state index contributed by atoms with van der Waals surface area (Å²) in [6.07, 6.45) is 0.193. The largest absolute Gasteiger partial charge is 0.394 e. The van der Waals surface area contributed by atoms with E-state index in [1.807, 2.05) is 37.3 Å². The molecule has 0 radical (unpaired) electrons. The highest BCUT2D eigenvalue weighted by molar-refractivity contribution is 5.20. The molecule has 1 aromatic rings. The molecule has 2 unspecified atom stereocenters. The second-order valence-corrected chi connectivity index (χ2v) is 3.18. The molecule has 1 rings (SSSR count). The molecule has 0 bridgehead atoms. The first-order valence-electron chi connectivity index (χ1n) is 4.63. The van der Waals surface area contributed by atoms with Gasteiger partial charge in [-0.05, 0) is 12.0 Å². The van der Waals surface area contributed by atoms with Crippen molar-refractivity contribution in [1.82, 2.24) is 0 Å². The lowest BCUT2D eigenvalue weighted by Crippen LogP contribution is -2.21. The van der Waals surface area contributed by atoms with Gasteiger partial charge in [0, 0.05) is 5.92 Å². The molecule has 0 amide bonds. The summed E-state index contributed by atoms with van der Waals surface area (Å²) < 4.78 is 0. The van der Waals surface area contributed by atoms with E-state index < -0.39 is 6.10 Å². The van der Waals surface area contributed by atoms with Crippen LogP contribution in [0.3, 0.4) is 0 Å². The van der Waals surface area contributed by atoms with Crippen molar-refractivity contribution in [3.8, 4) is 0 Å². The van der Waals surface area contributed by atoms with Crippen LogP contribution in [-0.4, -0.2) is 22.9 Å². The predicted octanol–water partition coefficient (Wildman–Crippen LogP) is 1.53. The molecule has 1 aromatic carbocycles. The van der Waals surface area contributed by atoms with Crippen molar-refractivity contribution < 1.29 is 10.2 Å². The van der Waals surface area contributed by atoms with Crippen LogP contribution in [0.25, 0.3) is 0 Å². The molecular weight excluding hydrogens is 164 g/mol. The molecule has 13 heavy (non-hydrogen) atoms. The quantitative estimate of drug-likeness (QED) is 0.737. The van der Waals surface area contributed by atoms with Crippen molar-refractivity contribution in [3.63, 3.8) is 0 Å². The molecule has 0 saturated heterocycles. The monoisotopic (exact) mass is 180 g/mol. The van der Waals surface area contributed by atoms with Crippen molar-refractivity contribution >= 4 is 0 Å². The predicted molar refractivity (Wildman–Crippen MR) is 52.6 cm³/mol. The summed E-state index contributed by atoms with van der Waals surface area (Å²) >= 11 is 0. The summed E-state index contributed by atoms with van der Waals surface area (Å²) in [5.74, 6) is 0.0474. The molecule has 0 aliphatic carbocycles. The van der Waals surface area contributed by atoms with Crippen LogP contribution in [0.2, 0.25) is 0 Å². The van der Waals surface area contributed by atoms with E-state index in [0.717, 1.165) is 12.0 Å². The van der Waals surface area contributed by atoms with E-state index >= 15 is 0 Å². The van der Waals surface area contributed by atoms with E-state index in [2.05, 4.69) is 0 Å². The number of aliphatic hydroxyl groups excluding tert-OH is 2. The van der Waals surface area contributed by atoms with E-state index in [4.69, 9.17) is 5.11 Å². The smallest absolute Gasteiger partial charge is 0.0839 e. The number of rotatable bonds is 4. The number of benzene rings is 1. The third-order valence-electron chi connectivity index (χ3n) is 2.32. The Morgan fingerprint density at radius 2 is 1.85 bits per heavy atom. The fourth-order valence-corrected chi connectivity index (χ4v) is 1.56. The minimum atomic E-state index is -0.646. The highest BCUT2D eigenvalue weighted by atomic mass is 16.3. The van der Waals surface area contributed by atoms with E-state index in [0.29, 0.717) is 0 Å². The molecule has 0 spiro atoms. The number of hydrogen-bond donors (Lipinski definition) is 2. The van der Waals surface area contributed by atoms with Crippen molar-refractivity contribution in [2.45, 2.75) is 25.4 Å². The van der Waals surface area contributed by atoms with Gasteiger partial charge in [0.25, 0.3) is 0 Å². The van der Waals surface area contributed by atoms with Crippen molar-refractivity contribution in [2.75, 3.05) is 6.61 Å². The molecule has 2 N–H and O–H groups in total. The van der Waals surface area contributed by atoms with Gasteiger partial charge >= 0.3 is 0 Å². The van der Waals surface area contributed by atoms with Crippen LogP contribution in [0.1, 0.15) is 24.8 Å². The Labute approximate surface area is 78.8 Å². The lowest BCUT2D eigenvalue weighted by molar-refractivity contribution is 0.0713. The van der Waals surface area contributed by atoms with Gasteiger partial charge in [-0.15, -0.1) is 0 Å². The van der Waals surface area contributed by atoms with Crippen molar-refractivity contribution in [3.05, 3.63) is 35.9 Å². The third kappa shape index (κ3) is 2.54. The summed E-state index contributed by atoms with van der Waals surface area (Å²) in [7, 11) is 0. The lowest BCUT2D eigenvalue weighted by atomic mass is 9.91. The van der Waals surface area contributed by atoms with Gasteiger partial charge in [-0.2, -0.15) is 0 Å². The maximum atomic E-state index is 9.52.